The summed E-state index contributed by atoms with van der Waals surface area (Å²) in [6.45, 7) is 2.53. The highest BCUT2D eigenvalue weighted by Crippen LogP contribution is 2.17. The van der Waals surface area contributed by atoms with Gasteiger partial charge in [0, 0.05) is 30.3 Å². The van der Waals surface area contributed by atoms with Crippen LogP contribution in [0.2, 0.25) is 0 Å². The molecule has 2 aromatic heterocycles. The van der Waals surface area contributed by atoms with Crippen molar-refractivity contribution in [3.05, 3.63) is 57.9 Å². The lowest BCUT2D eigenvalue weighted by Gasteiger charge is -2.16. The molecule has 0 unspecified atom stereocenters. The number of para-hydroxylation sites is 1. The number of nitrogens with zero attached hydrogens (tertiary/aromatic N) is 3. The molecule has 0 saturated carbocycles. The Hall–Kier alpha value is -2.34. The van der Waals surface area contributed by atoms with Gasteiger partial charge in [0.15, 0.2) is 0 Å². The second kappa shape index (κ2) is 6.42. The van der Waals surface area contributed by atoms with Gasteiger partial charge in [-0.05, 0) is 19.1 Å². The van der Waals surface area contributed by atoms with Crippen LogP contribution in [0.5, 0.6) is 0 Å². The second-order valence-corrected chi connectivity index (χ2v) is 6.29. The first-order valence-corrected chi connectivity index (χ1v) is 8.14. The Morgan fingerprint density at radius 1 is 1.30 bits per heavy atom. The van der Waals surface area contributed by atoms with Crippen LogP contribution in [0.15, 0.2) is 35.8 Å². The summed E-state index contributed by atoms with van der Waals surface area (Å²) < 4.78 is 13.8. The van der Waals surface area contributed by atoms with Gasteiger partial charge in [-0.25, -0.2) is 14.4 Å². The van der Waals surface area contributed by atoms with Gasteiger partial charge in [-0.3, -0.25) is 4.79 Å². The van der Waals surface area contributed by atoms with Crippen molar-refractivity contribution in [2.75, 3.05) is 13.6 Å². The van der Waals surface area contributed by atoms with E-state index in [0.717, 1.165) is 12.1 Å². The molecule has 0 N–H and O–H groups in total. The van der Waals surface area contributed by atoms with E-state index in [1.54, 1.807) is 53.1 Å². The molecule has 0 aliphatic rings. The van der Waals surface area contributed by atoms with E-state index in [0.29, 0.717) is 11.9 Å². The van der Waals surface area contributed by atoms with E-state index in [2.05, 4.69) is 9.97 Å². The van der Waals surface area contributed by atoms with Gasteiger partial charge in [0.05, 0.1) is 11.2 Å². The largest absolute Gasteiger partial charge is 0.340 e. The molecule has 2 heterocycles. The van der Waals surface area contributed by atoms with Crippen molar-refractivity contribution in [2.45, 2.75) is 13.3 Å². The molecule has 0 bridgehead atoms. The van der Waals surface area contributed by atoms with Crippen LogP contribution in [0.4, 0.5) is 4.39 Å². The maximum Gasteiger partial charge on any atom is 0.272 e. The number of carbonyl (C=O) groups is 1. The number of thiazole rings is 1. The lowest BCUT2D eigenvalue weighted by molar-refractivity contribution is 0.0791. The smallest absolute Gasteiger partial charge is 0.272 e. The number of aryl methyl sites for hydroxylation is 1. The van der Waals surface area contributed by atoms with Crippen LogP contribution >= 0.6 is 11.3 Å². The minimum Gasteiger partial charge on any atom is -0.340 e. The minimum atomic E-state index is -0.417. The Balaban J connectivity index is 1.76. The van der Waals surface area contributed by atoms with Crippen LogP contribution in [-0.2, 0) is 6.42 Å². The molecule has 0 fully saturated rings. The van der Waals surface area contributed by atoms with Gasteiger partial charge >= 0.3 is 0 Å². The van der Waals surface area contributed by atoms with Crippen molar-refractivity contribution in [1.82, 2.24) is 14.9 Å². The third kappa shape index (κ3) is 3.22. The molecular weight excluding hydrogens is 313 g/mol. The third-order valence-electron chi connectivity index (χ3n) is 3.76. The predicted octanol–water partition coefficient (Wildman–Crippen LogP) is 3.45. The van der Waals surface area contributed by atoms with Crippen LogP contribution < -0.4 is 0 Å². The van der Waals surface area contributed by atoms with E-state index >= 15 is 0 Å². The maximum absolute atomic E-state index is 13.8. The van der Waals surface area contributed by atoms with Gasteiger partial charge in [0.1, 0.15) is 17.0 Å². The summed E-state index contributed by atoms with van der Waals surface area (Å²) in [6.07, 6.45) is 0.751. The number of pyridine rings is 1. The summed E-state index contributed by atoms with van der Waals surface area (Å²) in [4.78, 5) is 23.6. The van der Waals surface area contributed by atoms with Gasteiger partial charge in [-0.1, -0.05) is 18.2 Å². The zero-order chi connectivity index (χ0) is 16.4. The van der Waals surface area contributed by atoms with Crippen molar-refractivity contribution < 1.29 is 9.18 Å². The molecule has 0 aliphatic carbocycles. The van der Waals surface area contributed by atoms with E-state index in [9.17, 15) is 9.18 Å². The van der Waals surface area contributed by atoms with Gasteiger partial charge in [-0.15, -0.1) is 11.3 Å². The van der Waals surface area contributed by atoms with Gasteiger partial charge in [0.2, 0.25) is 0 Å². The highest BCUT2D eigenvalue weighted by Gasteiger charge is 2.15. The van der Waals surface area contributed by atoms with Crippen LogP contribution in [0, 0.1) is 12.7 Å². The Kier molecular flexibility index (Phi) is 4.34. The SMILES string of the molecule is Cc1ncsc1CCN(C)C(=O)c1ccc2cccc(F)c2n1. The number of likely N-dealkylation sites (N-methyl/N-ethyl adjacent to an activating group) is 1. The number of fused-ring (bicyclic) bond motifs is 1. The monoisotopic (exact) mass is 329 g/mol. The first kappa shape index (κ1) is 15.6. The second-order valence-electron chi connectivity index (χ2n) is 5.35. The standard InChI is InChI=1S/C17H16FN3OS/c1-11-15(23-10-19-11)8-9-21(2)17(22)14-7-6-12-4-3-5-13(18)16(12)20-14/h3-7,10H,8-9H2,1-2H3. The summed E-state index contributed by atoms with van der Waals surface area (Å²) in [6, 6.07) is 8.11. The highest BCUT2D eigenvalue weighted by molar-refractivity contribution is 7.09. The number of benzene rings is 1. The number of rotatable bonds is 4. The van der Waals surface area contributed by atoms with E-state index in [-0.39, 0.29) is 17.1 Å². The van der Waals surface area contributed by atoms with E-state index < -0.39 is 5.82 Å². The minimum absolute atomic E-state index is 0.211. The molecule has 1 amide bonds. The number of amides is 1. The molecule has 23 heavy (non-hydrogen) atoms. The fourth-order valence-corrected chi connectivity index (χ4v) is 3.13. The van der Waals surface area contributed by atoms with Crippen LogP contribution in [0.25, 0.3) is 10.9 Å². The van der Waals surface area contributed by atoms with Gasteiger partial charge < -0.3 is 4.90 Å². The molecule has 0 aliphatic heterocycles. The van der Waals surface area contributed by atoms with Crippen molar-refractivity contribution in [3.63, 3.8) is 0 Å². The summed E-state index contributed by atoms with van der Waals surface area (Å²) in [5.41, 5.74) is 3.29. The average Bonchev–Trinajstić information content (AvgIpc) is 2.97. The van der Waals surface area contributed by atoms with Crippen molar-refractivity contribution in [3.8, 4) is 0 Å². The van der Waals surface area contributed by atoms with E-state index in [4.69, 9.17) is 0 Å². The number of halogens is 1. The Bertz CT molecular complexity index is 862. The first-order chi connectivity index (χ1) is 11.1. The highest BCUT2D eigenvalue weighted by atomic mass is 32.1. The van der Waals surface area contributed by atoms with E-state index in [1.165, 1.54) is 10.9 Å². The zero-order valence-electron chi connectivity index (χ0n) is 12.9. The summed E-state index contributed by atoms with van der Waals surface area (Å²) in [7, 11) is 1.73. The molecular formula is C17H16FN3OS. The Morgan fingerprint density at radius 3 is 2.87 bits per heavy atom. The van der Waals surface area contributed by atoms with Crippen LogP contribution in [-0.4, -0.2) is 34.4 Å². The number of carbonyl (C=O) groups excluding carboxylic acids is 1. The molecule has 0 spiro atoms. The molecule has 3 rings (SSSR count). The Labute approximate surface area is 137 Å². The number of hydrogen-bond acceptors (Lipinski definition) is 4. The number of aromatic nitrogens is 2. The van der Waals surface area contributed by atoms with Gasteiger partial charge in [-0.2, -0.15) is 0 Å². The Morgan fingerprint density at radius 2 is 2.13 bits per heavy atom. The van der Waals surface area contributed by atoms with Crippen molar-refractivity contribution >= 4 is 28.1 Å². The molecule has 0 saturated heterocycles. The van der Waals surface area contributed by atoms with Gasteiger partial charge in [0.25, 0.3) is 5.91 Å². The first-order valence-electron chi connectivity index (χ1n) is 7.26. The molecule has 118 valence electrons. The van der Waals surface area contributed by atoms with Crippen LogP contribution in [0.3, 0.4) is 0 Å². The van der Waals surface area contributed by atoms with Crippen LogP contribution in [0.1, 0.15) is 21.1 Å². The van der Waals surface area contributed by atoms with E-state index in [1.807, 2.05) is 6.92 Å². The summed E-state index contributed by atoms with van der Waals surface area (Å²) in [5.74, 6) is -0.627. The maximum atomic E-state index is 13.8. The topological polar surface area (TPSA) is 46.1 Å². The molecule has 1 aromatic carbocycles. The average molecular weight is 329 g/mol. The summed E-state index contributed by atoms with van der Waals surface area (Å²) in [5, 5.41) is 0.685. The lowest BCUT2D eigenvalue weighted by atomic mass is 10.2. The molecule has 0 atom stereocenters. The van der Waals surface area contributed by atoms with Crippen molar-refractivity contribution in [2.24, 2.45) is 0 Å². The summed E-state index contributed by atoms with van der Waals surface area (Å²) >= 11 is 1.59. The predicted molar refractivity (Wildman–Crippen MR) is 89.2 cm³/mol. The molecule has 0 radical (unpaired) electrons. The quantitative estimate of drug-likeness (QED) is 0.736. The lowest BCUT2D eigenvalue weighted by Crippen LogP contribution is -2.29. The normalized spacial score (nSPS) is 10.9. The fraction of sp³-hybridized carbons (Fsp3) is 0.235. The zero-order valence-corrected chi connectivity index (χ0v) is 13.7. The molecule has 3 aromatic rings. The fourth-order valence-electron chi connectivity index (χ4n) is 2.36. The third-order valence-corrected chi connectivity index (χ3v) is 4.75. The molecule has 4 nitrogen and oxygen atoms in total. The molecule has 6 heteroatoms. The number of hydrogen-bond donors (Lipinski definition) is 0. The van der Waals surface area contributed by atoms with Crippen molar-refractivity contribution in [1.29, 1.82) is 0 Å².